The average Bonchev–Trinajstić information content (AvgIpc) is 2.53. The van der Waals surface area contributed by atoms with Crippen LogP contribution in [0.2, 0.25) is 0 Å². The second-order valence-corrected chi connectivity index (χ2v) is 5.23. The van der Waals surface area contributed by atoms with Crippen molar-refractivity contribution < 1.29 is 14.3 Å². The Labute approximate surface area is 136 Å². The van der Waals surface area contributed by atoms with Crippen molar-refractivity contribution in [3.8, 4) is 5.75 Å². The van der Waals surface area contributed by atoms with Crippen molar-refractivity contribution in [2.75, 3.05) is 19.0 Å². The van der Waals surface area contributed by atoms with Crippen molar-refractivity contribution >= 4 is 11.8 Å². The van der Waals surface area contributed by atoms with Crippen LogP contribution >= 0.6 is 0 Å². The number of aromatic nitrogens is 1. The van der Waals surface area contributed by atoms with Gasteiger partial charge >= 0.3 is 5.97 Å². The Bertz CT molecular complexity index is 681. The lowest BCUT2D eigenvalue weighted by Crippen LogP contribution is -2.14. The molecule has 0 atom stereocenters. The van der Waals surface area contributed by atoms with Crippen LogP contribution in [0, 0.1) is 13.8 Å². The monoisotopic (exact) mass is 314 g/mol. The third-order valence-electron chi connectivity index (χ3n) is 3.44. The molecule has 1 N–H and O–H groups in total. The molecule has 23 heavy (non-hydrogen) atoms. The van der Waals surface area contributed by atoms with Gasteiger partial charge in [0.25, 0.3) is 0 Å². The van der Waals surface area contributed by atoms with Gasteiger partial charge in [0.1, 0.15) is 17.1 Å². The van der Waals surface area contributed by atoms with Crippen LogP contribution in [-0.2, 0) is 11.3 Å². The standard InChI is InChI=1S/C18H22N2O3/c1-5-23-18(21)16-12(2)10-13(3)20-17(16)19-11-14-6-8-15(22-4)9-7-14/h6-10H,5,11H2,1-4H3,(H,19,20). The summed E-state index contributed by atoms with van der Waals surface area (Å²) in [5.74, 6) is 1.01. The van der Waals surface area contributed by atoms with Gasteiger partial charge in [-0.2, -0.15) is 0 Å². The number of hydrogen-bond acceptors (Lipinski definition) is 5. The van der Waals surface area contributed by atoms with E-state index in [1.807, 2.05) is 44.2 Å². The van der Waals surface area contributed by atoms with Crippen LogP contribution in [0.4, 0.5) is 5.82 Å². The molecule has 5 heteroatoms. The molecule has 0 aliphatic heterocycles. The molecule has 1 aromatic heterocycles. The molecule has 122 valence electrons. The van der Waals surface area contributed by atoms with E-state index in [4.69, 9.17) is 9.47 Å². The Balaban J connectivity index is 2.22. The number of hydrogen-bond donors (Lipinski definition) is 1. The Morgan fingerprint density at radius 3 is 2.52 bits per heavy atom. The number of ether oxygens (including phenoxy) is 2. The molecule has 0 bridgehead atoms. The summed E-state index contributed by atoms with van der Waals surface area (Å²) >= 11 is 0. The van der Waals surface area contributed by atoms with Gasteiger partial charge in [-0.05, 0) is 50.1 Å². The van der Waals surface area contributed by atoms with Gasteiger partial charge in [0, 0.05) is 12.2 Å². The van der Waals surface area contributed by atoms with Crippen LogP contribution in [0.25, 0.3) is 0 Å². The molecule has 0 fully saturated rings. The van der Waals surface area contributed by atoms with E-state index in [1.54, 1.807) is 14.0 Å². The maximum Gasteiger partial charge on any atom is 0.342 e. The minimum absolute atomic E-state index is 0.337. The minimum Gasteiger partial charge on any atom is -0.497 e. The summed E-state index contributed by atoms with van der Waals surface area (Å²) < 4.78 is 10.3. The third kappa shape index (κ3) is 4.22. The fourth-order valence-electron chi connectivity index (χ4n) is 2.35. The zero-order valence-electron chi connectivity index (χ0n) is 14.0. The van der Waals surface area contributed by atoms with Crippen LogP contribution in [0.1, 0.15) is 34.1 Å². The summed E-state index contributed by atoms with van der Waals surface area (Å²) in [4.78, 5) is 16.6. The van der Waals surface area contributed by atoms with E-state index in [1.165, 1.54) is 0 Å². The second kappa shape index (κ2) is 7.63. The number of anilines is 1. The van der Waals surface area contributed by atoms with Gasteiger partial charge in [0.05, 0.1) is 13.7 Å². The lowest BCUT2D eigenvalue weighted by atomic mass is 10.1. The average molecular weight is 314 g/mol. The highest BCUT2D eigenvalue weighted by atomic mass is 16.5. The maximum atomic E-state index is 12.2. The maximum absolute atomic E-state index is 12.2. The molecule has 0 spiro atoms. The summed E-state index contributed by atoms with van der Waals surface area (Å²) in [6, 6.07) is 9.62. The summed E-state index contributed by atoms with van der Waals surface area (Å²) in [5.41, 5.74) is 3.27. The topological polar surface area (TPSA) is 60.5 Å². The van der Waals surface area contributed by atoms with Gasteiger partial charge in [0.15, 0.2) is 0 Å². The van der Waals surface area contributed by atoms with Gasteiger partial charge in [-0.15, -0.1) is 0 Å². The van der Waals surface area contributed by atoms with Crippen molar-refractivity contribution in [2.45, 2.75) is 27.3 Å². The van der Waals surface area contributed by atoms with Crippen LogP contribution in [0.15, 0.2) is 30.3 Å². The smallest absolute Gasteiger partial charge is 0.342 e. The molecule has 0 unspecified atom stereocenters. The molecule has 0 amide bonds. The minimum atomic E-state index is -0.352. The quantitative estimate of drug-likeness (QED) is 0.827. The largest absolute Gasteiger partial charge is 0.497 e. The zero-order chi connectivity index (χ0) is 16.8. The summed E-state index contributed by atoms with van der Waals surface area (Å²) in [5, 5.41) is 3.24. The predicted octanol–water partition coefficient (Wildman–Crippen LogP) is 3.50. The van der Waals surface area contributed by atoms with Crippen molar-refractivity contribution in [3.63, 3.8) is 0 Å². The predicted molar refractivity (Wildman–Crippen MR) is 90.0 cm³/mol. The molecule has 2 aromatic rings. The van der Waals surface area contributed by atoms with E-state index < -0.39 is 0 Å². The number of methoxy groups -OCH3 is 1. The molecule has 0 saturated heterocycles. The lowest BCUT2D eigenvalue weighted by molar-refractivity contribution is 0.0526. The Kier molecular flexibility index (Phi) is 5.57. The van der Waals surface area contributed by atoms with Gasteiger partial charge < -0.3 is 14.8 Å². The molecule has 0 saturated carbocycles. The van der Waals surface area contributed by atoms with E-state index in [0.717, 1.165) is 22.6 Å². The number of nitrogens with one attached hydrogen (secondary N) is 1. The number of esters is 1. The van der Waals surface area contributed by atoms with E-state index in [-0.39, 0.29) is 5.97 Å². The SMILES string of the molecule is CCOC(=O)c1c(C)cc(C)nc1NCc1ccc(OC)cc1. The zero-order valence-corrected chi connectivity index (χ0v) is 14.0. The molecular weight excluding hydrogens is 292 g/mol. The molecule has 0 aliphatic carbocycles. The number of carbonyl (C=O) groups is 1. The Morgan fingerprint density at radius 1 is 1.22 bits per heavy atom. The normalized spacial score (nSPS) is 10.3. The van der Waals surface area contributed by atoms with Crippen molar-refractivity contribution in [3.05, 3.63) is 52.7 Å². The third-order valence-corrected chi connectivity index (χ3v) is 3.44. The lowest BCUT2D eigenvalue weighted by Gasteiger charge is -2.14. The van der Waals surface area contributed by atoms with E-state index in [9.17, 15) is 4.79 Å². The molecule has 0 aliphatic rings. The first kappa shape index (κ1) is 16.8. The van der Waals surface area contributed by atoms with Gasteiger partial charge in [-0.1, -0.05) is 12.1 Å². The van der Waals surface area contributed by atoms with Crippen molar-refractivity contribution in [1.82, 2.24) is 4.98 Å². The number of aryl methyl sites for hydroxylation is 2. The summed E-state index contributed by atoms with van der Waals surface area (Å²) in [7, 11) is 1.64. The van der Waals surface area contributed by atoms with E-state index in [2.05, 4.69) is 10.3 Å². The first-order chi connectivity index (χ1) is 11.0. The molecular formula is C18H22N2O3. The molecule has 1 aromatic carbocycles. The molecule has 1 heterocycles. The molecule has 0 radical (unpaired) electrons. The van der Waals surface area contributed by atoms with Crippen molar-refractivity contribution in [2.24, 2.45) is 0 Å². The van der Waals surface area contributed by atoms with Crippen LogP contribution in [0.5, 0.6) is 5.75 Å². The summed E-state index contributed by atoms with van der Waals surface area (Å²) in [6.07, 6.45) is 0. The molecule has 5 nitrogen and oxygen atoms in total. The second-order valence-electron chi connectivity index (χ2n) is 5.23. The number of rotatable bonds is 6. The fourth-order valence-corrected chi connectivity index (χ4v) is 2.35. The van der Waals surface area contributed by atoms with Crippen molar-refractivity contribution in [1.29, 1.82) is 0 Å². The van der Waals surface area contributed by atoms with Crippen LogP contribution in [0.3, 0.4) is 0 Å². The highest BCUT2D eigenvalue weighted by Gasteiger charge is 2.17. The Hall–Kier alpha value is -2.56. The highest BCUT2D eigenvalue weighted by molar-refractivity contribution is 5.96. The van der Waals surface area contributed by atoms with Gasteiger partial charge in [-0.25, -0.2) is 9.78 Å². The van der Waals surface area contributed by atoms with Crippen LogP contribution in [-0.4, -0.2) is 24.7 Å². The summed E-state index contributed by atoms with van der Waals surface area (Å²) in [6.45, 7) is 6.48. The number of pyridine rings is 1. The van der Waals surface area contributed by atoms with E-state index in [0.29, 0.717) is 24.5 Å². The number of nitrogens with zero attached hydrogens (tertiary/aromatic N) is 1. The molecule has 2 rings (SSSR count). The number of benzene rings is 1. The first-order valence-electron chi connectivity index (χ1n) is 7.57. The first-order valence-corrected chi connectivity index (χ1v) is 7.57. The Morgan fingerprint density at radius 2 is 1.91 bits per heavy atom. The van der Waals surface area contributed by atoms with Gasteiger partial charge in [-0.3, -0.25) is 0 Å². The number of carbonyl (C=O) groups excluding carboxylic acids is 1. The highest BCUT2D eigenvalue weighted by Crippen LogP contribution is 2.21. The van der Waals surface area contributed by atoms with Crippen LogP contribution < -0.4 is 10.1 Å². The van der Waals surface area contributed by atoms with E-state index >= 15 is 0 Å². The van der Waals surface area contributed by atoms with Gasteiger partial charge in [0.2, 0.25) is 0 Å². The fraction of sp³-hybridized carbons (Fsp3) is 0.333.